The Labute approximate surface area is 155 Å². The molecule has 1 aromatic rings. The summed E-state index contributed by atoms with van der Waals surface area (Å²) in [7, 11) is 0. The Balaban J connectivity index is 1.94. The minimum atomic E-state index is -4.41. The van der Waals surface area contributed by atoms with Gasteiger partial charge in [-0.1, -0.05) is 0 Å². The molecule has 0 unspecified atom stereocenters. The van der Waals surface area contributed by atoms with Gasteiger partial charge in [-0.3, -0.25) is 15.0 Å². The first-order chi connectivity index (χ1) is 12.7. The monoisotopic (exact) mass is 387 g/mol. The molecule has 1 aliphatic rings. The van der Waals surface area contributed by atoms with Gasteiger partial charge in [0.05, 0.1) is 11.6 Å². The highest BCUT2D eigenvalue weighted by Gasteiger charge is 2.31. The summed E-state index contributed by atoms with van der Waals surface area (Å²) in [5, 5.41) is 4.80. The maximum absolute atomic E-state index is 12.7. The second-order valence-corrected chi connectivity index (χ2v) is 6.30. The number of amides is 3. The van der Waals surface area contributed by atoms with E-state index in [0.717, 1.165) is 18.7 Å². The van der Waals surface area contributed by atoms with Gasteiger partial charge in [-0.2, -0.15) is 13.2 Å². The van der Waals surface area contributed by atoms with Gasteiger partial charge >= 0.3 is 12.2 Å². The average molecular weight is 387 g/mol. The maximum atomic E-state index is 12.7. The lowest BCUT2D eigenvalue weighted by Crippen LogP contribution is -2.50. The zero-order valence-electron chi connectivity index (χ0n) is 15.3. The van der Waals surface area contributed by atoms with Gasteiger partial charge in [0.1, 0.15) is 5.82 Å². The van der Waals surface area contributed by atoms with Crippen LogP contribution in [0.4, 0.5) is 23.8 Å². The van der Waals surface area contributed by atoms with Crippen molar-refractivity contribution in [1.29, 1.82) is 0 Å². The molecule has 7 nitrogen and oxygen atoms in total. The van der Waals surface area contributed by atoms with Crippen LogP contribution in [0.5, 0.6) is 0 Å². The van der Waals surface area contributed by atoms with Crippen molar-refractivity contribution < 1.29 is 22.8 Å². The van der Waals surface area contributed by atoms with Gasteiger partial charge in [0.2, 0.25) is 5.91 Å². The molecule has 1 fully saturated rings. The highest BCUT2D eigenvalue weighted by Crippen LogP contribution is 2.29. The zero-order valence-corrected chi connectivity index (χ0v) is 15.3. The summed E-state index contributed by atoms with van der Waals surface area (Å²) < 4.78 is 38.0. The quantitative estimate of drug-likeness (QED) is 0.825. The number of hydrogen-bond acceptors (Lipinski definition) is 5. The van der Waals surface area contributed by atoms with Crippen LogP contribution in [0.3, 0.4) is 0 Å². The molecule has 1 aromatic heterocycles. The zero-order chi connectivity index (χ0) is 20.0. The van der Waals surface area contributed by atoms with E-state index in [1.54, 1.807) is 13.8 Å². The van der Waals surface area contributed by atoms with Crippen LogP contribution in [0, 0.1) is 0 Å². The van der Waals surface area contributed by atoms with Crippen molar-refractivity contribution in [3.8, 4) is 0 Å². The van der Waals surface area contributed by atoms with Crippen LogP contribution >= 0.6 is 0 Å². The molecule has 1 saturated heterocycles. The molecule has 0 aromatic carbocycles. The summed E-state index contributed by atoms with van der Waals surface area (Å²) in [5.74, 6) is 0.0892. The van der Waals surface area contributed by atoms with Crippen LogP contribution in [0.1, 0.15) is 25.8 Å². The Morgan fingerprint density at radius 2 is 1.96 bits per heavy atom. The van der Waals surface area contributed by atoms with Crippen molar-refractivity contribution in [1.82, 2.24) is 20.5 Å². The van der Waals surface area contributed by atoms with Gasteiger partial charge in [0, 0.05) is 38.9 Å². The van der Waals surface area contributed by atoms with Gasteiger partial charge in [0.15, 0.2) is 0 Å². The number of urea groups is 1. The number of pyridine rings is 1. The van der Waals surface area contributed by atoms with Gasteiger partial charge in [-0.25, -0.2) is 9.78 Å². The minimum Gasteiger partial charge on any atom is -0.355 e. The molecule has 150 valence electrons. The number of anilines is 1. The number of nitrogens with zero attached hydrogens (tertiary/aromatic N) is 3. The Kier molecular flexibility index (Phi) is 7.00. The number of rotatable bonds is 4. The fraction of sp³-hybridized carbons (Fsp3) is 0.588. The molecule has 0 spiro atoms. The Hall–Kier alpha value is -2.36. The number of halogens is 3. The largest absolute Gasteiger partial charge is 0.417 e. The molecule has 10 heteroatoms. The van der Waals surface area contributed by atoms with Crippen LogP contribution in [0.2, 0.25) is 0 Å². The Bertz CT molecular complexity index is 651. The lowest BCUT2D eigenvalue weighted by molar-refractivity contribution is -0.137. The molecule has 1 atom stereocenters. The lowest BCUT2D eigenvalue weighted by Gasteiger charge is -2.27. The number of carbonyl (C=O) groups excluding carboxylic acids is 2. The summed E-state index contributed by atoms with van der Waals surface area (Å²) in [6.07, 6.45) is -2.85. The van der Waals surface area contributed by atoms with E-state index in [1.807, 2.05) is 9.80 Å². The van der Waals surface area contributed by atoms with E-state index >= 15 is 0 Å². The summed E-state index contributed by atoms with van der Waals surface area (Å²) in [6, 6.07) is 1.37. The molecule has 1 aliphatic heterocycles. The van der Waals surface area contributed by atoms with E-state index in [0.29, 0.717) is 38.5 Å². The standard InChI is InChI=1S/C17H24F3N5O2/c1-3-21-16(27)23-15(26)12(2)24-7-4-8-25(10-9-24)14-6-5-13(11-22-14)17(18,19)20/h5-6,11-12H,3-4,7-10H2,1-2H3,(H2,21,23,26,27)/t12-/m0/s1. The molecule has 27 heavy (non-hydrogen) atoms. The third-order valence-corrected chi connectivity index (χ3v) is 4.43. The first-order valence-electron chi connectivity index (χ1n) is 8.83. The van der Waals surface area contributed by atoms with Gasteiger partial charge in [0.25, 0.3) is 0 Å². The van der Waals surface area contributed by atoms with E-state index in [9.17, 15) is 22.8 Å². The van der Waals surface area contributed by atoms with Gasteiger partial charge in [-0.15, -0.1) is 0 Å². The van der Waals surface area contributed by atoms with Crippen molar-refractivity contribution in [2.75, 3.05) is 37.6 Å². The van der Waals surface area contributed by atoms with Gasteiger partial charge < -0.3 is 10.2 Å². The molecule has 2 rings (SSSR count). The third-order valence-electron chi connectivity index (χ3n) is 4.43. The second kappa shape index (κ2) is 9.03. The highest BCUT2D eigenvalue weighted by atomic mass is 19.4. The number of nitrogens with one attached hydrogen (secondary N) is 2. The normalized spacial score (nSPS) is 17.1. The molecule has 2 N–H and O–H groups in total. The summed E-state index contributed by atoms with van der Waals surface area (Å²) in [5.41, 5.74) is -0.779. The predicted octanol–water partition coefficient (Wildman–Crippen LogP) is 1.85. The molecular formula is C17H24F3N5O2. The first kappa shape index (κ1) is 20.9. The molecule has 0 bridgehead atoms. The molecule has 0 aliphatic carbocycles. The van der Waals surface area contributed by atoms with Crippen LogP contribution in [0.25, 0.3) is 0 Å². The second-order valence-electron chi connectivity index (χ2n) is 6.30. The molecule has 0 saturated carbocycles. The van der Waals surface area contributed by atoms with E-state index in [2.05, 4.69) is 15.6 Å². The minimum absolute atomic E-state index is 0.387. The fourth-order valence-corrected chi connectivity index (χ4v) is 2.88. The SMILES string of the molecule is CCNC(=O)NC(=O)[C@H](C)N1CCCN(c2ccc(C(F)(F)F)cn2)CC1. The van der Waals surface area contributed by atoms with Gasteiger partial charge in [-0.05, 0) is 32.4 Å². The average Bonchev–Trinajstić information content (AvgIpc) is 2.86. The van der Waals surface area contributed by atoms with Crippen molar-refractivity contribution in [2.24, 2.45) is 0 Å². The van der Waals surface area contributed by atoms with Crippen molar-refractivity contribution in [3.63, 3.8) is 0 Å². The van der Waals surface area contributed by atoms with Crippen LogP contribution in [0.15, 0.2) is 18.3 Å². The van der Waals surface area contributed by atoms with E-state index < -0.39 is 23.8 Å². The summed E-state index contributed by atoms with van der Waals surface area (Å²) >= 11 is 0. The van der Waals surface area contributed by atoms with Crippen molar-refractivity contribution >= 4 is 17.8 Å². The van der Waals surface area contributed by atoms with Crippen LogP contribution in [-0.2, 0) is 11.0 Å². The highest BCUT2D eigenvalue weighted by molar-refractivity contribution is 5.96. The number of alkyl halides is 3. The summed E-state index contributed by atoms with van der Waals surface area (Å²) in [4.78, 5) is 31.4. The smallest absolute Gasteiger partial charge is 0.355 e. The number of carbonyl (C=O) groups is 2. The Morgan fingerprint density at radius 1 is 1.22 bits per heavy atom. The summed E-state index contributed by atoms with van der Waals surface area (Å²) in [6.45, 7) is 6.23. The van der Waals surface area contributed by atoms with E-state index in [1.165, 1.54) is 6.07 Å². The number of hydrogen-bond donors (Lipinski definition) is 2. The topological polar surface area (TPSA) is 77.6 Å². The predicted molar refractivity (Wildman–Crippen MR) is 94.3 cm³/mol. The third kappa shape index (κ3) is 5.81. The molecular weight excluding hydrogens is 363 g/mol. The molecule has 2 heterocycles. The Morgan fingerprint density at radius 3 is 2.56 bits per heavy atom. The van der Waals surface area contributed by atoms with Crippen LogP contribution < -0.4 is 15.5 Å². The van der Waals surface area contributed by atoms with Crippen molar-refractivity contribution in [3.05, 3.63) is 23.9 Å². The number of aromatic nitrogens is 1. The first-order valence-corrected chi connectivity index (χ1v) is 8.83. The van der Waals surface area contributed by atoms with Crippen LogP contribution in [-0.4, -0.2) is 60.6 Å². The van der Waals surface area contributed by atoms with E-state index in [-0.39, 0.29) is 5.91 Å². The molecule has 3 amide bonds. The molecule has 0 radical (unpaired) electrons. The fourth-order valence-electron chi connectivity index (χ4n) is 2.88. The van der Waals surface area contributed by atoms with Crippen molar-refractivity contribution in [2.45, 2.75) is 32.5 Å². The lowest BCUT2D eigenvalue weighted by atomic mass is 10.2. The maximum Gasteiger partial charge on any atom is 0.417 e. The van der Waals surface area contributed by atoms with E-state index in [4.69, 9.17) is 0 Å². The number of imide groups is 1.